The van der Waals surface area contributed by atoms with Crippen molar-refractivity contribution in [2.75, 3.05) is 7.11 Å². The molecule has 0 saturated carbocycles. The van der Waals surface area contributed by atoms with Crippen LogP contribution in [0.4, 0.5) is 5.69 Å². The summed E-state index contributed by atoms with van der Waals surface area (Å²) in [5, 5.41) is 11.3. The van der Waals surface area contributed by atoms with E-state index in [1.807, 2.05) is 24.3 Å². The van der Waals surface area contributed by atoms with Crippen molar-refractivity contribution in [2.45, 2.75) is 9.92 Å². The molecule has 98 valence electrons. The molecule has 0 aliphatic carbocycles. The Morgan fingerprint density at radius 1 is 1.37 bits per heavy atom. The predicted molar refractivity (Wildman–Crippen MR) is 73.0 cm³/mol. The minimum atomic E-state index is -0.497. The molecule has 1 aromatic heterocycles. The largest absolute Gasteiger partial charge is 0.497 e. The molecule has 1 heterocycles. The van der Waals surface area contributed by atoms with Gasteiger partial charge < -0.3 is 4.74 Å². The number of halogens is 1. The van der Waals surface area contributed by atoms with Crippen LogP contribution in [0.3, 0.4) is 0 Å². The Hall–Kier alpha value is -1.79. The van der Waals surface area contributed by atoms with Gasteiger partial charge in [-0.25, -0.2) is 4.98 Å². The van der Waals surface area contributed by atoms with Crippen LogP contribution in [0.2, 0.25) is 5.15 Å². The van der Waals surface area contributed by atoms with E-state index in [2.05, 4.69) is 4.98 Å². The average Bonchev–Trinajstić information content (AvgIpc) is 2.38. The molecule has 5 nitrogen and oxygen atoms in total. The smallest absolute Gasteiger partial charge is 0.275 e. The van der Waals surface area contributed by atoms with Crippen molar-refractivity contribution in [3.05, 3.63) is 51.7 Å². The number of nitro groups is 1. The van der Waals surface area contributed by atoms with Crippen LogP contribution in [0.25, 0.3) is 0 Å². The molecule has 0 unspecified atom stereocenters. The third kappa shape index (κ3) is 3.59. The number of nitrogens with zero attached hydrogens (tertiary/aromatic N) is 2. The maximum absolute atomic E-state index is 10.7. The summed E-state index contributed by atoms with van der Waals surface area (Å²) in [6, 6.07) is 9.94. The minimum Gasteiger partial charge on any atom is -0.497 e. The van der Waals surface area contributed by atoms with Crippen LogP contribution < -0.4 is 4.74 Å². The van der Waals surface area contributed by atoms with Crippen LogP contribution >= 0.6 is 23.4 Å². The van der Waals surface area contributed by atoms with E-state index in [4.69, 9.17) is 16.3 Å². The van der Waals surface area contributed by atoms with Crippen LogP contribution in [-0.2, 0) is 0 Å². The Bertz CT molecular complexity index is 622. The van der Waals surface area contributed by atoms with Gasteiger partial charge in [0.25, 0.3) is 5.69 Å². The molecule has 0 aliphatic heterocycles. The standard InChI is InChI=1S/C12H9ClN2O3S/c1-18-9-3-2-4-10(7-9)19-12-6-8(15(16)17)5-11(13)14-12/h2-7H,1H3. The number of ether oxygens (including phenoxy) is 1. The van der Waals surface area contributed by atoms with Gasteiger partial charge in [0.1, 0.15) is 15.9 Å². The summed E-state index contributed by atoms with van der Waals surface area (Å²) in [6.07, 6.45) is 0. The third-order valence-corrected chi connectivity index (χ3v) is 3.33. The summed E-state index contributed by atoms with van der Waals surface area (Å²) in [6.45, 7) is 0. The molecule has 0 atom stereocenters. The van der Waals surface area contributed by atoms with Crippen molar-refractivity contribution in [1.29, 1.82) is 0 Å². The average molecular weight is 297 g/mol. The van der Waals surface area contributed by atoms with E-state index in [0.717, 1.165) is 4.90 Å². The van der Waals surface area contributed by atoms with E-state index < -0.39 is 4.92 Å². The normalized spacial score (nSPS) is 10.2. The maximum atomic E-state index is 10.7. The first-order valence-electron chi connectivity index (χ1n) is 5.22. The van der Waals surface area contributed by atoms with Gasteiger partial charge in [-0.3, -0.25) is 10.1 Å². The maximum Gasteiger partial charge on any atom is 0.275 e. The lowest BCUT2D eigenvalue weighted by Gasteiger charge is -2.04. The SMILES string of the molecule is COc1cccc(Sc2cc([N+](=O)[O-])cc(Cl)n2)c1. The Morgan fingerprint density at radius 2 is 2.16 bits per heavy atom. The van der Waals surface area contributed by atoms with Crippen LogP contribution in [0.5, 0.6) is 5.75 Å². The second kappa shape index (κ2) is 5.90. The van der Waals surface area contributed by atoms with Crippen molar-refractivity contribution in [1.82, 2.24) is 4.98 Å². The quantitative estimate of drug-likeness (QED) is 0.488. The van der Waals surface area contributed by atoms with Gasteiger partial charge in [-0.05, 0) is 18.2 Å². The zero-order chi connectivity index (χ0) is 13.8. The number of aromatic nitrogens is 1. The van der Waals surface area contributed by atoms with Crippen molar-refractivity contribution < 1.29 is 9.66 Å². The summed E-state index contributed by atoms with van der Waals surface area (Å²) >= 11 is 7.05. The molecule has 0 aliphatic rings. The molecule has 1 aromatic carbocycles. The first kappa shape index (κ1) is 13.6. The van der Waals surface area contributed by atoms with E-state index in [-0.39, 0.29) is 10.8 Å². The molecule has 0 fully saturated rings. The number of benzene rings is 1. The molecule has 2 aromatic rings. The van der Waals surface area contributed by atoms with Gasteiger partial charge in [0.2, 0.25) is 0 Å². The molecular formula is C12H9ClN2O3S. The summed E-state index contributed by atoms with van der Waals surface area (Å²) < 4.78 is 5.11. The fourth-order valence-corrected chi connectivity index (χ4v) is 2.54. The first-order valence-corrected chi connectivity index (χ1v) is 6.42. The molecule has 0 bridgehead atoms. The first-order chi connectivity index (χ1) is 9.08. The summed E-state index contributed by atoms with van der Waals surface area (Å²) in [5.41, 5.74) is -0.0783. The lowest BCUT2D eigenvalue weighted by Crippen LogP contribution is -1.91. The van der Waals surface area contributed by atoms with E-state index in [9.17, 15) is 10.1 Å². The van der Waals surface area contributed by atoms with E-state index in [0.29, 0.717) is 10.8 Å². The van der Waals surface area contributed by atoms with Gasteiger partial charge in [-0.2, -0.15) is 0 Å². The Labute approximate surface area is 118 Å². The molecule has 0 saturated heterocycles. The van der Waals surface area contributed by atoms with E-state index >= 15 is 0 Å². The monoisotopic (exact) mass is 296 g/mol. The predicted octanol–water partition coefficient (Wildman–Crippen LogP) is 3.80. The summed E-state index contributed by atoms with van der Waals surface area (Å²) in [5.74, 6) is 0.710. The molecule has 0 spiro atoms. The van der Waals surface area contributed by atoms with Gasteiger partial charge >= 0.3 is 0 Å². The van der Waals surface area contributed by atoms with Crippen LogP contribution in [0.15, 0.2) is 46.3 Å². The zero-order valence-corrected chi connectivity index (χ0v) is 11.4. The second-order valence-corrected chi connectivity index (χ2v) is 5.01. The fraction of sp³-hybridized carbons (Fsp3) is 0.0833. The number of rotatable bonds is 4. The summed E-state index contributed by atoms with van der Waals surface area (Å²) in [7, 11) is 1.58. The molecule has 2 rings (SSSR count). The second-order valence-electron chi connectivity index (χ2n) is 3.52. The topological polar surface area (TPSA) is 65.3 Å². The Morgan fingerprint density at radius 3 is 2.84 bits per heavy atom. The van der Waals surface area contributed by atoms with E-state index in [1.165, 1.54) is 23.9 Å². The number of hydrogen-bond donors (Lipinski definition) is 0. The highest BCUT2D eigenvalue weighted by molar-refractivity contribution is 7.99. The lowest BCUT2D eigenvalue weighted by molar-refractivity contribution is -0.385. The lowest BCUT2D eigenvalue weighted by atomic mass is 10.3. The zero-order valence-electron chi connectivity index (χ0n) is 9.87. The Balaban J connectivity index is 2.29. The van der Waals surface area contributed by atoms with E-state index in [1.54, 1.807) is 7.11 Å². The molecule has 0 N–H and O–H groups in total. The third-order valence-electron chi connectivity index (χ3n) is 2.23. The van der Waals surface area contributed by atoms with Crippen molar-refractivity contribution in [3.8, 4) is 5.75 Å². The van der Waals surface area contributed by atoms with Crippen LogP contribution in [-0.4, -0.2) is 17.0 Å². The van der Waals surface area contributed by atoms with Crippen molar-refractivity contribution in [2.24, 2.45) is 0 Å². The summed E-state index contributed by atoms with van der Waals surface area (Å²) in [4.78, 5) is 15.2. The molecule has 0 radical (unpaired) electrons. The highest BCUT2D eigenvalue weighted by Crippen LogP contribution is 2.31. The molecule has 0 amide bonds. The van der Waals surface area contributed by atoms with Crippen LogP contribution in [0.1, 0.15) is 0 Å². The van der Waals surface area contributed by atoms with Gasteiger partial charge in [0, 0.05) is 11.0 Å². The Kier molecular flexibility index (Phi) is 4.24. The number of hydrogen-bond acceptors (Lipinski definition) is 5. The van der Waals surface area contributed by atoms with Crippen molar-refractivity contribution in [3.63, 3.8) is 0 Å². The number of methoxy groups -OCH3 is 1. The highest BCUT2D eigenvalue weighted by Gasteiger charge is 2.11. The van der Waals surface area contributed by atoms with Crippen molar-refractivity contribution >= 4 is 29.1 Å². The number of pyridine rings is 1. The van der Waals surface area contributed by atoms with Gasteiger partial charge in [0.05, 0.1) is 18.1 Å². The van der Waals surface area contributed by atoms with Gasteiger partial charge in [0.15, 0.2) is 0 Å². The van der Waals surface area contributed by atoms with Gasteiger partial charge in [-0.15, -0.1) is 0 Å². The molecule has 7 heteroatoms. The fourth-order valence-electron chi connectivity index (χ4n) is 1.40. The molecule has 19 heavy (non-hydrogen) atoms. The molecular weight excluding hydrogens is 288 g/mol. The van der Waals surface area contributed by atoms with Gasteiger partial charge in [-0.1, -0.05) is 29.4 Å². The van der Waals surface area contributed by atoms with Crippen LogP contribution in [0, 0.1) is 10.1 Å². The highest BCUT2D eigenvalue weighted by atomic mass is 35.5. The minimum absolute atomic E-state index is 0.0783.